The number of amides is 2. The molecule has 2 heterocycles. The molecule has 1 aliphatic rings. The van der Waals surface area contributed by atoms with Crippen LogP contribution in [-0.2, 0) is 27.8 Å². The molecule has 2 amide bonds. The van der Waals surface area contributed by atoms with Gasteiger partial charge in [-0.15, -0.1) is 6.58 Å². The third-order valence-corrected chi connectivity index (χ3v) is 5.66. The fraction of sp³-hybridized carbons (Fsp3) is 0.417. The van der Waals surface area contributed by atoms with Crippen molar-refractivity contribution in [3.8, 4) is 0 Å². The lowest BCUT2D eigenvalue weighted by Crippen LogP contribution is -2.61. The number of benzene rings is 1. The van der Waals surface area contributed by atoms with Gasteiger partial charge in [0.1, 0.15) is 12.1 Å². The van der Waals surface area contributed by atoms with Crippen LogP contribution in [0.5, 0.6) is 0 Å². The summed E-state index contributed by atoms with van der Waals surface area (Å²) in [6, 6.07) is 5.33. The average molecular weight is 394 g/mol. The second-order valence-corrected chi connectivity index (χ2v) is 8.77. The van der Waals surface area contributed by atoms with E-state index in [1.165, 1.54) is 11.1 Å². The van der Waals surface area contributed by atoms with Gasteiger partial charge in [-0.05, 0) is 50.5 Å². The summed E-state index contributed by atoms with van der Waals surface area (Å²) in [7, 11) is 0. The quantitative estimate of drug-likeness (QED) is 0.655. The molecule has 1 saturated heterocycles. The molecule has 1 aromatic carbocycles. The van der Waals surface area contributed by atoms with E-state index in [1.807, 2.05) is 6.08 Å². The van der Waals surface area contributed by atoms with Gasteiger partial charge in [0.15, 0.2) is 0 Å². The molecule has 2 aromatic rings. The van der Waals surface area contributed by atoms with Crippen molar-refractivity contribution in [3.05, 3.63) is 59.3 Å². The van der Waals surface area contributed by atoms with E-state index in [-0.39, 0.29) is 17.2 Å². The molecule has 0 spiro atoms. The fourth-order valence-electron chi connectivity index (χ4n) is 3.70. The Bertz CT molecular complexity index is 993. The third-order valence-electron chi connectivity index (χ3n) is 5.66. The van der Waals surface area contributed by atoms with Crippen LogP contribution in [0.4, 0.5) is 0 Å². The van der Waals surface area contributed by atoms with Gasteiger partial charge >= 0.3 is 0 Å². The largest absolute Gasteiger partial charge is 0.357 e. The maximum Gasteiger partial charge on any atom is 0.243 e. The number of allylic oxidation sites excluding steroid dienone is 3. The van der Waals surface area contributed by atoms with Gasteiger partial charge < -0.3 is 15.6 Å². The Labute approximate surface area is 172 Å². The smallest absolute Gasteiger partial charge is 0.243 e. The highest BCUT2D eigenvalue weighted by atomic mass is 16.2. The van der Waals surface area contributed by atoms with Gasteiger partial charge in [-0.25, -0.2) is 0 Å². The number of nitrogens with one attached hydrogen (secondary N) is 3. The van der Waals surface area contributed by atoms with E-state index in [0.717, 1.165) is 28.6 Å². The molecule has 0 unspecified atom stereocenters. The second kappa shape index (κ2) is 7.90. The van der Waals surface area contributed by atoms with Gasteiger partial charge in [0.25, 0.3) is 0 Å². The van der Waals surface area contributed by atoms with Gasteiger partial charge in [0.05, 0.1) is 0 Å². The van der Waals surface area contributed by atoms with Crippen LogP contribution in [0.1, 0.15) is 51.4 Å². The Balaban J connectivity index is 2.08. The number of carbonyl (C=O) groups is 2. The molecule has 2 atom stereocenters. The van der Waals surface area contributed by atoms with Crippen LogP contribution in [0.15, 0.2) is 42.5 Å². The Hall–Kier alpha value is -2.82. The van der Waals surface area contributed by atoms with E-state index in [9.17, 15) is 9.59 Å². The summed E-state index contributed by atoms with van der Waals surface area (Å²) in [5.41, 5.74) is 5.32. The zero-order valence-electron chi connectivity index (χ0n) is 18.0. The Morgan fingerprint density at radius 1 is 1.17 bits per heavy atom. The first-order valence-electron chi connectivity index (χ1n) is 10.1. The second-order valence-electron chi connectivity index (χ2n) is 8.77. The Morgan fingerprint density at radius 2 is 1.90 bits per heavy atom. The molecule has 154 valence electrons. The van der Waals surface area contributed by atoms with Crippen LogP contribution in [0.2, 0.25) is 0 Å². The number of piperazine rings is 1. The molecular formula is C24H31N3O2. The predicted molar refractivity (Wildman–Crippen MR) is 118 cm³/mol. The summed E-state index contributed by atoms with van der Waals surface area (Å²) in [5, 5.41) is 6.73. The first-order valence-corrected chi connectivity index (χ1v) is 10.1. The monoisotopic (exact) mass is 393 g/mol. The van der Waals surface area contributed by atoms with Crippen molar-refractivity contribution in [3.63, 3.8) is 0 Å². The Morgan fingerprint density at radius 3 is 2.55 bits per heavy atom. The molecule has 3 rings (SSSR count). The number of H-pyrrole nitrogens is 1. The number of hydrogen-bond acceptors (Lipinski definition) is 2. The highest BCUT2D eigenvalue weighted by Crippen LogP contribution is 2.34. The van der Waals surface area contributed by atoms with Crippen LogP contribution in [0, 0.1) is 0 Å². The van der Waals surface area contributed by atoms with Crippen LogP contribution in [-0.4, -0.2) is 28.9 Å². The molecule has 5 nitrogen and oxygen atoms in total. The maximum atomic E-state index is 12.5. The van der Waals surface area contributed by atoms with Crippen molar-refractivity contribution in [1.82, 2.24) is 15.6 Å². The van der Waals surface area contributed by atoms with Crippen LogP contribution >= 0.6 is 0 Å². The Kier molecular flexibility index (Phi) is 5.69. The lowest BCUT2D eigenvalue weighted by atomic mass is 9.84. The number of rotatable bonds is 6. The molecule has 29 heavy (non-hydrogen) atoms. The van der Waals surface area contributed by atoms with Crippen molar-refractivity contribution >= 4 is 22.7 Å². The SMILES string of the molecule is C=CC(C)(C)c1[nH]c2ccc(CC=C(C)C)cc2c1C[C@@H]1NC(=O)[C@H](C)NC1=O. The average Bonchev–Trinajstić information content (AvgIpc) is 3.03. The summed E-state index contributed by atoms with van der Waals surface area (Å²) in [6.07, 6.45) is 5.41. The third kappa shape index (κ3) is 4.29. The van der Waals surface area contributed by atoms with Gasteiger partial charge in [-0.1, -0.05) is 37.6 Å². The highest BCUT2D eigenvalue weighted by molar-refractivity contribution is 5.97. The molecule has 0 aliphatic carbocycles. The summed E-state index contributed by atoms with van der Waals surface area (Å²) in [4.78, 5) is 28.2. The molecule has 0 bridgehead atoms. The lowest BCUT2D eigenvalue weighted by molar-refractivity contribution is -0.136. The van der Waals surface area contributed by atoms with Crippen molar-refractivity contribution < 1.29 is 9.59 Å². The summed E-state index contributed by atoms with van der Waals surface area (Å²) < 4.78 is 0. The molecular weight excluding hydrogens is 362 g/mol. The molecule has 5 heteroatoms. The number of carbonyl (C=O) groups excluding carboxylic acids is 2. The zero-order valence-corrected chi connectivity index (χ0v) is 18.0. The topological polar surface area (TPSA) is 74.0 Å². The first kappa shape index (κ1) is 20.9. The standard InChI is InChI=1S/C24H31N3O2/c1-7-24(5,6)21-18(13-20-23(29)25-15(4)22(28)27-20)17-12-16(9-8-14(2)3)10-11-19(17)26-21/h7-8,10-12,15,20,26H,1,9,13H2,2-6H3,(H,25,29)(H,27,28)/t15-,20-/m0/s1. The summed E-state index contributed by atoms with van der Waals surface area (Å²) in [6.45, 7) is 14.1. The molecule has 0 radical (unpaired) electrons. The van der Waals surface area contributed by atoms with E-state index in [0.29, 0.717) is 6.42 Å². The number of aromatic nitrogens is 1. The molecule has 0 saturated carbocycles. The van der Waals surface area contributed by atoms with E-state index >= 15 is 0 Å². The van der Waals surface area contributed by atoms with Gasteiger partial charge in [-0.3, -0.25) is 9.59 Å². The van der Waals surface area contributed by atoms with Crippen LogP contribution in [0.3, 0.4) is 0 Å². The van der Waals surface area contributed by atoms with E-state index in [2.05, 4.69) is 74.2 Å². The fourth-order valence-corrected chi connectivity index (χ4v) is 3.70. The van der Waals surface area contributed by atoms with Crippen molar-refractivity contribution in [2.75, 3.05) is 0 Å². The van der Waals surface area contributed by atoms with Gasteiger partial charge in [0, 0.05) is 28.4 Å². The molecule has 1 aliphatic heterocycles. The predicted octanol–water partition coefficient (Wildman–Crippen LogP) is 3.69. The lowest BCUT2D eigenvalue weighted by Gasteiger charge is -2.29. The van der Waals surface area contributed by atoms with E-state index in [1.54, 1.807) is 6.92 Å². The number of hydrogen-bond donors (Lipinski definition) is 3. The van der Waals surface area contributed by atoms with Crippen LogP contribution < -0.4 is 10.6 Å². The maximum absolute atomic E-state index is 12.5. The molecule has 1 aromatic heterocycles. The van der Waals surface area contributed by atoms with Crippen molar-refractivity contribution in [2.45, 2.75) is 65.0 Å². The summed E-state index contributed by atoms with van der Waals surface area (Å²) in [5.74, 6) is -0.294. The van der Waals surface area contributed by atoms with Gasteiger partial charge in [0.2, 0.25) is 11.8 Å². The number of aromatic amines is 1. The van der Waals surface area contributed by atoms with Crippen LogP contribution in [0.25, 0.3) is 10.9 Å². The minimum Gasteiger partial charge on any atom is -0.357 e. The highest BCUT2D eigenvalue weighted by Gasteiger charge is 2.33. The van der Waals surface area contributed by atoms with Gasteiger partial charge in [-0.2, -0.15) is 0 Å². The van der Waals surface area contributed by atoms with E-state index < -0.39 is 12.1 Å². The summed E-state index contributed by atoms with van der Waals surface area (Å²) >= 11 is 0. The first-order chi connectivity index (χ1) is 13.6. The normalized spacial score (nSPS) is 19.6. The minimum absolute atomic E-state index is 0.144. The minimum atomic E-state index is -0.585. The van der Waals surface area contributed by atoms with Crippen molar-refractivity contribution in [1.29, 1.82) is 0 Å². The molecule has 1 fully saturated rings. The van der Waals surface area contributed by atoms with E-state index in [4.69, 9.17) is 0 Å². The van der Waals surface area contributed by atoms with Crippen molar-refractivity contribution in [2.24, 2.45) is 0 Å². The molecule has 3 N–H and O–H groups in total. The number of fused-ring (bicyclic) bond motifs is 1. The zero-order chi connectivity index (χ0) is 21.3.